The lowest BCUT2D eigenvalue weighted by Gasteiger charge is -2.14. The first kappa shape index (κ1) is 22.9. The minimum Gasteiger partial charge on any atom is -0.453 e. The van der Waals surface area contributed by atoms with E-state index >= 15 is 4.39 Å². The van der Waals surface area contributed by atoms with E-state index in [0.29, 0.717) is 0 Å². The molecule has 0 unspecified atom stereocenters. The van der Waals surface area contributed by atoms with Gasteiger partial charge in [-0.05, 0) is 37.3 Å². The van der Waals surface area contributed by atoms with E-state index in [0.717, 1.165) is 27.7 Å². The summed E-state index contributed by atoms with van der Waals surface area (Å²) in [4.78, 5) is 12.7. The van der Waals surface area contributed by atoms with Gasteiger partial charge >= 0.3 is 0 Å². The molecule has 4 rings (SSSR count). The van der Waals surface area contributed by atoms with Crippen molar-refractivity contribution in [2.75, 3.05) is 7.05 Å². The van der Waals surface area contributed by atoms with E-state index in [1.165, 1.54) is 37.5 Å². The summed E-state index contributed by atoms with van der Waals surface area (Å²) in [6.45, 7) is 1.81. The molecule has 0 saturated carbocycles. The van der Waals surface area contributed by atoms with Gasteiger partial charge in [-0.3, -0.25) is 4.79 Å². The lowest BCUT2D eigenvalue weighted by Crippen LogP contribution is -2.20. The van der Waals surface area contributed by atoms with Crippen LogP contribution >= 0.6 is 0 Å². The number of nitrogens with zero attached hydrogens (tertiary/aromatic N) is 2. The number of nitrogens with one attached hydrogen (secondary N) is 1. The Labute approximate surface area is 193 Å². The highest BCUT2D eigenvalue weighted by atomic mass is 32.2. The number of halogens is 2. The number of rotatable bonds is 5. The zero-order valence-electron chi connectivity index (χ0n) is 18.0. The van der Waals surface area contributed by atoms with Crippen LogP contribution in [-0.2, 0) is 10.0 Å². The van der Waals surface area contributed by atoms with Crippen molar-refractivity contribution >= 4 is 26.8 Å². The van der Waals surface area contributed by atoms with Crippen LogP contribution < -0.4 is 10.1 Å². The number of hydrogen-bond donors (Lipinski definition) is 1. The predicted octanol–water partition coefficient (Wildman–Crippen LogP) is 4.49. The zero-order chi connectivity index (χ0) is 24.6. The van der Waals surface area contributed by atoms with Crippen LogP contribution in [0.1, 0.15) is 21.5 Å². The lowest BCUT2D eigenvalue weighted by molar-refractivity contribution is 0.0962. The highest BCUT2D eigenvalue weighted by molar-refractivity contribution is 7.90. The molecule has 3 aromatic carbocycles. The van der Waals surface area contributed by atoms with E-state index in [1.54, 1.807) is 18.2 Å². The first-order valence-electron chi connectivity index (χ1n) is 9.92. The number of nitriles is 1. The van der Waals surface area contributed by atoms with Gasteiger partial charge in [0.25, 0.3) is 15.9 Å². The third kappa shape index (κ3) is 3.86. The molecule has 172 valence electrons. The number of aryl methyl sites for hydroxylation is 1. The topological polar surface area (TPSA) is 101 Å². The van der Waals surface area contributed by atoms with Gasteiger partial charge in [-0.25, -0.2) is 21.2 Å². The van der Waals surface area contributed by atoms with Crippen molar-refractivity contribution in [1.82, 2.24) is 9.29 Å². The van der Waals surface area contributed by atoms with Crippen LogP contribution in [0.15, 0.2) is 65.7 Å². The largest absolute Gasteiger partial charge is 0.453 e. The Balaban J connectivity index is 1.92. The second-order valence-corrected chi connectivity index (χ2v) is 9.17. The number of amides is 1. The Bertz CT molecular complexity index is 1590. The van der Waals surface area contributed by atoms with Crippen molar-refractivity contribution in [2.45, 2.75) is 11.8 Å². The van der Waals surface area contributed by atoms with Crippen molar-refractivity contribution in [3.8, 4) is 17.6 Å². The molecule has 0 spiro atoms. The summed E-state index contributed by atoms with van der Waals surface area (Å²) in [6.07, 6.45) is 1.22. The van der Waals surface area contributed by atoms with Crippen molar-refractivity contribution in [1.29, 1.82) is 5.26 Å². The van der Waals surface area contributed by atoms with Gasteiger partial charge < -0.3 is 10.1 Å². The molecule has 0 aliphatic heterocycles. The second-order valence-electron chi connectivity index (χ2n) is 7.36. The molecule has 0 aliphatic carbocycles. The normalized spacial score (nSPS) is 11.3. The predicted molar refractivity (Wildman–Crippen MR) is 120 cm³/mol. The SMILES string of the molecule is CNC(=O)c1c(Oc2ccc(F)c(C#N)c2)c(F)cc2c1ccn2S(=O)(=O)c1ccc(C)cc1. The maximum Gasteiger partial charge on any atom is 0.268 e. The van der Waals surface area contributed by atoms with Gasteiger partial charge in [0.2, 0.25) is 0 Å². The van der Waals surface area contributed by atoms with Crippen molar-refractivity contribution in [3.05, 3.63) is 89.1 Å². The van der Waals surface area contributed by atoms with Gasteiger partial charge in [0.1, 0.15) is 17.6 Å². The maximum atomic E-state index is 15.3. The molecular formula is C24H17F2N3O4S. The molecule has 0 radical (unpaired) electrons. The van der Waals surface area contributed by atoms with Crippen molar-refractivity contribution in [2.24, 2.45) is 0 Å². The Morgan fingerprint density at radius 1 is 1.06 bits per heavy atom. The molecule has 0 bridgehead atoms. The fourth-order valence-electron chi connectivity index (χ4n) is 3.46. The summed E-state index contributed by atoms with van der Waals surface area (Å²) in [6, 6.07) is 13.3. The van der Waals surface area contributed by atoms with E-state index in [4.69, 9.17) is 10.00 Å². The number of carbonyl (C=O) groups excluding carboxylic acids is 1. The summed E-state index contributed by atoms with van der Waals surface area (Å²) in [5.41, 5.74) is 0.223. The average molecular weight is 481 g/mol. The van der Waals surface area contributed by atoms with E-state index in [9.17, 15) is 17.6 Å². The number of hydrogen-bond acceptors (Lipinski definition) is 5. The number of aromatic nitrogens is 1. The molecular weight excluding hydrogens is 464 g/mol. The van der Waals surface area contributed by atoms with E-state index in [2.05, 4.69) is 5.32 Å². The quantitative estimate of drug-likeness (QED) is 0.453. The monoisotopic (exact) mass is 481 g/mol. The molecule has 1 amide bonds. The van der Waals surface area contributed by atoms with Crippen LogP contribution in [0.4, 0.5) is 8.78 Å². The highest BCUT2D eigenvalue weighted by Gasteiger charge is 2.27. The minimum absolute atomic E-state index is 0.00632. The fourth-order valence-corrected chi connectivity index (χ4v) is 4.80. The summed E-state index contributed by atoms with van der Waals surface area (Å²) in [5.74, 6) is -3.10. The third-order valence-corrected chi connectivity index (χ3v) is 6.88. The van der Waals surface area contributed by atoms with Crippen LogP contribution in [0.2, 0.25) is 0 Å². The van der Waals surface area contributed by atoms with Gasteiger partial charge in [0.05, 0.1) is 21.5 Å². The second kappa shape index (κ2) is 8.61. The molecule has 10 heteroatoms. The Morgan fingerprint density at radius 2 is 1.76 bits per heavy atom. The molecule has 0 fully saturated rings. The van der Waals surface area contributed by atoms with Crippen LogP contribution in [0.25, 0.3) is 10.9 Å². The summed E-state index contributed by atoms with van der Waals surface area (Å²) < 4.78 is 61.8. The molecule has 4 aromatic rings. The Kier molecular flexibility index (Phi) is 5.81. The minimum atomic E-state index is -4.09. The molecule has 1 N–H and O–H groups in total. The fraction of sp³-hybridized carbons (Fsp3) is 0.0833. The Morgan fingerprint density at radius 3 is 2.41 bits per heavy atom. The number of benzene rings is 3. The van der Waals surface area contributed by atoms with E-state index < -0.39 is 33.3 Å². The van der Waals surface area contributed by atoms with Crippen LogP contribution in [0, 0.1) is 29.9 Å². The lowest BCUT2D eigenvalue weighted by atomic mass is 10.1. The molecule has 34 heavy (non-hydrogen) atoms. The number of carbonyl (C=O) groups is 1. The van der Waals surface area contributed by atoms with E-state index in [-0.39, 0.29) is 32.7 Å². The molecule has 7 nitrogen and oxygen atoms in total. The highest BCUT2D eigenvalue weighted by Crippen LogP contribution is 2.36. The van der Waals surface area contributed by atoms with Crippen LogP contribution in [-0.4, -0.2) is 25.3 Å². The van der Waals surface area contributed by atoms with Crippen molar-refractivity contribution < 1.29 is 26.7 Å². The maximum absolute atomic E-state index is 15.3. The average Bonchev–Trinajstić information content (AvgIpc) is 3.24. The standard InChI is InChI=1S/C24H17F2N3O4S/c1-14-3-6-17(7-4-14)34(31,32)29-10-9-18-21(29)12-20(26)23(22(18)24(30)28-2)33-16-5-8-19(25)15(11-16)13-27/h3-12H,1-2H3,(H,28,30). The molecule has 0 aliphatic rings. The van der Waals surface area contributed by atoms with Crippen LogP contribution in [0.5, 0.6) is 11.5 Å². The molecule has 0 saturated heterocycles. The molecule has 0 atom stereocenters. The van der Waals surface area contributed by atoms with Gasteiger partial charge in [0.15, 0.2) is 11.6 Å². The molecule has 1 aromatic heterocycles. The zero-order valence-corrected chi connectivity index (χ0v) is 18.8. The smallest absolute Gasteiger partial charge is 0.268 e. The third-order valence-electron chi connectivity index (χ3n) is 5.18. The first-order valence-corrected chi connectivity index (χ1v) is 11.4. The summed E-state index contributed by atoms with van der Waals surface area (Å²) >= 11 is 0. The Hall–Kier alpha value is -4.23. The first-order chi connectivity index (χ1) is 16.2. The number of ether oxygens (including phenoxy) is 1. The van der Waals surface area contributed by atoms with Crippen molar-refractivity contribution in [3.63, 3.8) is 0 Å². The van der Waals surface area contributed by atoms with Crippen LogP contribution in [0.3, 0.4) is 0 Å². The van der Waals surface area contributed by atoms with Gasteiger partial charge in [-0.2, -0.15) is 5.26 Å². The van der Waals surface area contributed by atoms with Gasteiger partial charge in [0, 0.05) is 30.8 Å². The van der Waals surface area contributed by atoms with E-state index in [1.807, 2.05) is 6.92 Å². The summed E-state index contributed by atoms with van der Waals surface area (Å²) in [5, 5.41) is 11.5. The number of fused-ring (bicyclic) bond motifs is 1. The summed E-state index contributed by atoms with van der Waals surface area (Å²) in [7, 11) is -2.76. The van der Waals surface area contributed by atoms with Gasteiger partial charge in [-0.15, -0.1) is 0 Å². The molecule has 1 heterocycles. The van der Waals surface area contributed by atoms with Gasteiger partial charge in [-0.1, -0.05) is 17.7 Å².